The van der Waals surface area contributed by atoms with Gasteiger partial charge in [0, 0.05) is 25.6 Å². The standard InChI is InChI=1S/C10H18N2O3/c1-3-15-10(14)7-12-5-4-9(13)11-6-8(12)2/h8H,3-7H2,1-2H3,(H,11,13)/t8-/m1/s1. The van der Waals surface area contributed by atoms with E-state index in [-0.39, 0.29) is 24.5 Å². The van der Waals surface area contributed by atoms with E-state index in [0.717, 1.165) is 0 Å². The maximum Gasteiger partial charge on any atom is 0.320 e. The van der Waals surface area contributed by atoms with E-state index in [0.29, 0.717) is 26.1 Å². The lowest BCUT2D eigenvalue weighted by Gasteiger charge is -2.24. The van der Waals surface area contributed by atoms with E-state index in [4.69, 9.17) is 4.74 Å². The maximum absolute atomic E-state index is 11.3. The highest BCUT2D eigenvalue weighted by atomic mass is 16.5. The zero-order valence-corrected chi connectivity index (χ0v) is 9.28. The van der Waals surface area contributed by atoms with Gasteiger partial charge in [0.1, 0.15) is 0 Å². The number of esters is 1. The van der Waals surface area contributed by atoms with Gasteiger partial charge in [-0.05, 0) is 13.8 Å². The zero-order chi connectivity index (χ0) is 11.3. The van der Waals surface area contributed by atoms with Crippen LogP contribution in [0, 0.1) is 0 Å². The molecule has 0 saturated carbocycles. The minimum atomic E-state index is -0.223. The van der Waals surface area contributed by atoms with Crippen LogP contribution in [0.4, 0.5) is 0 Å². The largest absolute Gasteiger partial charge is 0.465 e. The summed E-state index contributed by atoms with van der Waals surface area (Å²) in [5, 5.41) is 2.80. The molecule has 0 bridgehead atoms. The highest BCUT2D eigenvalue weighted by molar-refractivity contribution is 5.76. The third-order valence-electron chi connectivity index (χ3n) is 2.48. The van der Waals surface area contributed by atoms with Gasteiger partial charge in [0.05, 0.1) is 13.2 Å². The molecular weight excluding hydrogens is 196 g/mol. The van der Waals surface area contributed by atoms with Gasteiger partial charge in [-0.15, -0.1) is 0 Å². The summed E-state index contributed by atoms with van der Waals surface area (Å²) in [6.07, 6.45) is 0.448. The topological polar surface area (TPSA) is 58.6 Å². The second-order valence-electron chi connectivity index (χ2n) is 3.68. The fraction of sp³-hybridized carbons (Fsp3) is 0.800. The van der Waals surface area contributed by atoms with E-state index in [2.05, 4.69) is 5.32 Å². The molecule has 1 atom stereocenters. The smallest absolute Gasteiger partial charge is 0.320 e. The average molecular weight is 214 g/mol. The predicted octanol–water partition coefficient (Wildman–Crippen LogP) is -0.240. The zero-order valence-electron chi connectivity index (χ0n) is 9.28. The fourth-order valence-corrected chi connectivity index (χ4v) is 1.55. The molecule has 5 heteroatoms. The molecule has 15 heavy (non-hydrogen) atoms. The van der Waals surface area contributed by atoms with Crippen LogP contribution in [0.2, 0.25) is 0 Å². The molecule has 1 rings (SSSR count). The summed E-state index contributed by atoms with van der Waals surface area (Å²) in [5.74, 6) is -0.174. The van der Waals surface area contributed by atoms with Crippen molar-refractivity contribution in [2.45, 2.75) is 26.3 Å². The highest BCUT2D eigenvalue weighted by Gasteiger charge is 2.22. The predicted molar refractivity (Wildman–Crippen MR) is 55.3 cm³/mol. The molecular formula is C10H18N2O3. The molecule has 0 radical (unpaired) electrons. The number of carbonyl (C=O) groups excluding carboxylic acids is 2. The Bertz CT molecular complexity index is 243. The van der Waals surface area contributed by atoms with Crippen molar-refractivity contribution in [3.63, 3.8) is 0 Å². The van der Waals surface area contributed by atoms with Crippen molar-refractivity contribution in [3.8, 4) is 0 Å². The lowest BCUT2D eigenvalue weighted by Crippen LogP contribution is -2.41. The second kappa shape index (κ2) is 5.70. The van der Waals surface area contributed by atoms with E-state index < -0.39 is 0 Å². The van der Waals surface area contributed by atoms with Gasteiger partial charge < -0.3 is 10.1 Å². The lowest BCUT2D eigenvalue weighted by molar-refractivity contribution is -0.145. The molecule has 86 valence electrons. The highest BCUT2D eigenvalue weighted by Crippen LogP contribution is 2.04. The summed E-state index contributed by atoms with van der Waals surface area (Å²) in [7, 11) is 0. The number of nitrogens with one attached hydrogen (secondary N) is 1. The maximum atomic E-state index is 11.3. The number of hydrogen-bond acceptors (Lipinski definition) is 4. The minimum Gasteiger partial charge on any atom is -0.465 e. The fourth-order valence-electron chi connectivity index (χ4n) is 1.55. The van der Waals surface area contributed by atoms with Gasteiger partial charge in [-0.25, -0.2) is 0 Å². The number of nitrogens with zero attached hydrogens (tertiary/aromatic N) is 1. The van der Waals surface area contributed by atoms with Gasteiger partial charge in [0.15, 0.2) is 0 Å². The molecule has 1 aliphatic rings. The van der Waals surface area contributed by atoms with E-state index in [1.165, 1.54) is 0 Å². The lowest BCUT2D eigenvalue weighted by atomic mass is 10.3. The quantitative estimate of drug-likeness (QED) is 0.659. The molecule has 0 aliphatic carbocycles. The number of carbonyl (C=O) groups is 2. The number of ether oxygens (including phenoxy) is 1. The van der Waals surface area contributed by atoms with Crippen LogP contribution >= 0.6 is 0 Å². The van der Waals surface area contributed by atoms with Crippen LogP contribution in [0.5, 0.6) is 0 Å². The molecule has 1 saturated heterocycles. The first-order chi connectivity index (χ1) is 7.13. The van der Waals surface area contributed by atoms with Crippen LogP contribution in [0.1, 0.15) is 20.3 Å². The monoisotopic (exact) mass is 214 g/mol. The first-order valence-electron chi connectivity index (χ1n) is 5.30. The number of rotatable bonds is 3. The van der Waals surface area contributed by atoms with Crippen molar-refractivity contribution in [2.24, 2.45) is 0 Å². The summed E-state index contributed by atoms with van der Waals surface area (Å²) in [4.78, 5) is 24.4. The van der Waals surface area contributed by atoms with Crippen molar-refractivity contribution < 1.29 is 14.3 Å². The molecule has 1 N–H and O–H groups in total. The van der Waals surface area contributed by atoms with Gasteiger partial charge in [0.25, 0.3) is 0 Å². The number of amides is 1. The van der Waals surface area contributed by atoms with Crippen LogP contribution in [0.3, 0.4) is 0 Å². The van der Waals surface area contributed by atoms with E-state index in [9.17, 15) is 9.59 Å². The molecule has 0 spiro atoms. The molecule has 0 aromatic carbocycles. The third-order valence-corrected chi connectivity index (χ3v) is 2.48. The van der Waals surface area contributed by atoms with Gasteiger partial charge in [-0.3, -0.25) is 14.5 Å². The average Bonchev–Trinajstić information content (AvgIpc) is 2.33. The molecule has 1 amide bonds. The Morgan fingerprint density at radius 3 is 3.07 bits per heavy atom. The summed E-state index contributed by atoms with van der Waals surface area (Å²) in [6, 6.07) is 0.181. The first-order valence-corrected chi connectivity index (χ1v) is 5.30. The Morgan fingerprint density at radius 1 is 1.67 bits per heavy atom. The normalized spacial score (nSPS) is 23.1. The first kappa shape index (κ1) is 12.0. The van der Waals surface area contributed by atoms with Gasteiger partial charge >= 0.3 is 5.97 Å². The van der Waals surface area contributed by atoms with E-state index >= 15 is 0 Å². The Labute approximate surface area is 89.8 Å². The SMILES string of the molecule is CCOC(=O)CN1CCC(=O)NC[C@H]1C. The number of hydrogen-bond donors (Lipinski definition) is 1. The van der Waals surface area contributed by atoms with Crippen molar-refractivity contribution in [1.29, 1.82) is 0 Å². The summed E-state index contributed by atoms with van der Waals surface area (Å²) < 4.78 is 4.87. The summed E-state index contributed by atoms with van der Waals surface area (Å²) >= 11 is 0. The molecule has 5 nitrogen and oxygen atoms in total. The molecule has 0 aromatic heterocycles. The third kappa shape index (κ3) is 3.87. The van der Waals surface area contributed by atoms with Crippen molar-refractivity contribution in [3.05, 3.63) is 0 Å². The van der Waals surface area contributed by atoms with Crippen LogP contribution in [0.15, 0.2) is 0 Å². The Balaban J connectivity index is 2.44. The van der Waals surface area contributed by atoms with Gasteiger partial charge in [-0.2, -0.15) is 0 Å². The van der Waals surface area contributed by atoms with E-state index in [1.807, 2.05) is 11.8 Å². The molecule has 1 heterocycles. The minimum absolute atomic E-state index is 0.0493. The van der Waals surface area contributed by atoms with Gasteiger partial charge in [0.2, 0.25) is 5.91 Å². The van der Waals surface area contributed by atoms with E-state index in [1.54, 1.807) is 6.92 Å². The summed E-state index contributed by atoms with van der Waals surface area (Å²) in [5.41, 5.74) is 0. The Kier molecular flexibility index (Phi) is 4.55. The molecule has 0 aromatic rings. The summed E-state index contributed by atoms with van der Waals surface area (Å²) in [6.45, 7) is 5.66. The molecule has 1 aliphatic heterocycles. The van der Waals surface area contributed by atoms with Crippen molar-refractivity contribution in [1.82, 2.24) is 10.2 Å². The molecule has 1 fully saturated rings. The van der Waals surface area contributed by atoms with Crippen molar-refractivity contribution in [2.75, 3.05) is 26.2 Å². The van der Waals surface area contributed by atoms with Gasteiger partial charge in [-0.1, -0.05) is 0 Å². The second-order valence-corrected chi connectivity index (χ2v) is 3.68. The van der Waals surface area contributed by atoms with Crippen LogP contribution in [-0.2, 0) is 14.3 Å². The van der Waals surface area contributed by atoms with Crippen LogP contribution in [0.25, 0.3) is 0 Å². The van der Waals surface area contributed by atoms with Crippen molar-refractivity contribution >= 4 is 11.9 Å². The van der Waals surface area contributed by atoms with Crippen LogP contribution < -0.4 is 5.32 Å². The van der Waals surface area contributed by atoms with Crippen LogP contribution in [-0.4, -0.2) is 49.1 Å². The molecule has 0 unspecified atom stereocenters. The Morgan fingerprint density at radius 2 is 2.40 bits per heavy atom. The Hall–Kier alpha value is -1.10.